The number of piperidine rings is 1. The maximum Gasteiger partial charge on any atom is 0.241 e. The van der Waals surface area contributed by atoms with E-state index in [1.165, 1.54) is 0 Å². The van der Waals surface area contributed by atoms with E-state index >= 15 is 0 Å². The Morgan fingerprint density at radius 1 is 1.07 bits per heavy atom. The Balaban J connectivity index is 1.30. The minimum absolute atomic E-state index is 0.0194. The van der Waals surface area contributed by atoms with Crippen molar-refractivity contribution in [2.45, 2.75) is 19.4 Å². The van der Waals surface area contributed by atoms with Crippen molar-refractivity contribution < 1.29 is 9.32 Å². The van der Waals surface area contributed by atoms with Gasteiger partial charge in [0.1, 0.15) is 0 Å². The lowest BCUT2D eigenvalue weighted by molar-refractivity contribution is -0.121. The second kappa shape index (κ2) is 9.35. The van der Waals surface area contributed by atoms with Crippen LogP contribution in [0.15, 0.2) is 47.0 Å². The molecule has 0 aliphatic carbocycles. The third-order valence-electron chi connectivity index (χ3n) is 5.00. The van der Waals surface area contributed by atoms with Gasteiger partial charge in [-0.2, -0.15) is 4.98 Å². The number of hydrogen-bond donors (Lipinski definition) is 1. The predicted molar refractivity (Wildman–Crippen MR) is 118 cm³/mol. The Kier molecular flexibility index (Phi) is 6.58. The SMILES string of the molecule is O=C(Nc1cc(Cl)cc(Cl)c1)C1CCN(Cc2nc(-c3cccc(Cl)c3)no2)CC1. The summed E-state index contributed by atoms with van der Waals surface area (Å²) < 4.78 is 5.39. The van der Waals surface area contributed by atoms with Crippen LogP contribution in [0, 0.1) is 5.92 Å². The monoisotopic (exact) mass is 464 g/mol. The molecule has 9 heteroatoms. The van der Waals surface area contributed by atoms with Gasteiger partial charge in [-0.25, -0.2) is 0 Å². The van der Waals surface area contributed by atoms with Crippen LogP contribution >= 0.6 is 34.8 Å². The van der Waals surface area contributed by atoms with E-state index in [2.05, 4.69) is 20.4 Å². The van der Waals surface area contributed by atoms with E-state index in [0.717, 1.165) is 31.5 Å². The minimum atomic E-state index is -0.0660. The van der Waals surface area contributed by atoms with Gasteiger partial charge in [0.05, 0.1) is 6.54 Å². The first-order chi connectivity index (χ1) is 14.5. The van der Waals surface area contributed by atoms with Gasteiger partial charge in [-0.1, -0.05) is 52.1 Å². The van der Waals surface area contributed by atoms with Gasteiger partial charge in [0.25, 0.3) is 0 Å². The van der Waals surface area contributed by atoms with Crippen molar-refractivity contribution in [3.8, 4) is 11.4 Å². The van der Waals surface area contributed by atoms with Crippen LogP contribution in [0.4, 0.5) is 5.69 Å². The van der Waals surface area contributed by atoms with E-state index in [4.69, 9.17) is 39.3 Å². The van der Waals surface area contributed by atoms with Crippen LogP contribution < -0.4 is 5.32 Å². The number of rotatable bonds is 5. The molecule has 30 heavy (non-hydrogen) atoms. The molecule has 0 unspecified atom stereocenters. The molecule has 0 radical (unpaired) electrons. The summed E-state index contributed by atoms with van der Waals surface area (Å²) in [5.74, 6) is 0.973. The summed E-state index contributed by atoms with van der Waals surface area (Å²) in [5.41, 5.74) is 1.42. The molecular formula is C21H19Cl3N4O2. The molecule has 1 aliphatic heterocycles. The van der Waals surface area contributed by atoms with Crippen LogP contribution in [0.1, 0.15) is 18.7 Å². The Morgan fingerprint density at radius 2 is 1.80 bits per heavy atom. The fraction of sp³-hybridized carbons (Fsp3) is 0.286. The lowest BCUT2D eigenvalue weighted by Crippen LogP contribution is -2.37. The van der Waals surface area contributed by atoms with Gasteiger partial charge in [0.15, 0.2) is 0 Å². The molecule has 0 spiro atoms. The summed E-state index contributed by atoms with van der Waals surface area (Å²) in [6.07, 6.45) is 1.49. The maximum absolute atomic E-state index is 12.6. The van der Waals surface area contributed by atoms with Crippen molar-refractivity contribution in [2.75, 3.05) is 18.4 Å². The van der Waals surface area contributed by atoms with E-state index in [0.29, 0.717) is 39.0 Å². The number of carbonyl (C=O) groups is 1. The highest BCUT2D eigenvalue weighted by atomic mass is 35.5. The van der Waals surface area contributed by atoms with Crippen molar-refractivity contribution in [3.05, 3.63) is 63.4 Å². The maximum atomic E-state index is 12.6. The number of carbonyl (C=O) groups excluding carboxylic acids is 1. The largest absolute Gasteiger partial charge is 0.338 e. The topological polar surface area (TPSA) is 71.3 Å². The third kappa shape index (κ3) is 5.32. The number of aromatic nitrogens is 2. The van der Waals surface area contributed by atoms with E-state index in [1.807, 2.05) is 12.1 Å². The zero-order chi connectivity index (χ0) is 21.1. The molecule has 2 heterocycles. The molecule has 156 valence electrons. The number of amides is 1. The first kappa shape index (κ1) is 21.1. The first-order valence-electron chi connectivity index (χ1n) is 9.54. The molecule has 1 saturated heterocycles. The van der Waals surface area contributed by atoms with Gasteiger partial charge in [0.2, 0.25) is 17.6 Å². The molecule has 6 nitrogen and oxygen atoms in total. The summed E-state index contributed by atoms with van der Waals surface area (Å²) in [4.78, 5) is 19.2. The van der Waals surface area contributed by atoms with Crippen molar-refractivity contribution >= 4 is 46.4 Å². The summed E-state index contributed by atoms with van der Waals surface area (Å²) in [6.45, 7) is 2.08. The van der Waals surface area contributed by atoms with Gasteiger partial charge in [-0.05, 0) is 56.3 Å². The van der Waals surface area contributed by atoms with Crippen LogP contribution in [0.25, 0.3) is 11.4 Å². The molecular weight excluding hydrogens is 447 g/mol. The molecule has 1 aromatic heterocycles. The molecule has 0 bridgehead atoms. The molecule has 2 aromatic carbocycles. The van der Waals surface area contributed by atoms with E-state index < -0.39 is 0 Å². The van der Waals surface area contributed by atoms with Crippen molar-refractivity contribution in [1.29, 1.82) is 0 Å². The van der Waals surface area contributed by atoms with Crippen LogP contribution in [0.3, 0.4) is 0 Å². The van der Waals surface area contributed by atoms with E-state index in [9.17, 15) is 4.79 Å². The number of hydrogen-bond acceptors (Lipinski definition) is 5. The fourth-order valence-electron chi connectivity index (χ4n) is 3.48. The molecule has 0 saturated carbocycles. The lowest BCUT2D eigenvalue weighted by Gasteiger charge is -2.30. The van der Waals surface area contributed by atoms with E-state index in [-0.39, 0.29) is 11.8 Å². The summed E-state index contributed by atoms with van der Waals surface area (Å²) in [5, 5.41) is 8.55. The Hall–Kier alpha value is -2.12. The second-order valence-electron chi connectivity index (χ2n) is 7.22. The van der Waals surface area contributed by atoms with Crippen LogP contribution in [-0.4, -0.2) is 34.0 Å². The van der Waals surface area contributed by atoms with Gasteiger partial charge in [0, 0.05) is 32.2 Å². The Morgan fingerprint density at radius 3 is 2.50 bits per heavy atom. The number of nitrogens with zero attached hydrogens (tertiary/aromatic N) is 3. The van der Waals surface area contributed by atoms with Crippen molar-refractivity contribution in [2.24, 2.45) is 5.92 Å². The smallest absolute Gasteiger partial charge is 0.241 e. The van der Waals surface area contributed by atoms with Gasteiger partial charge >= 0.3 is 0 Å². The zero-order valence-corrected chi connectivity index (χ0v) is 18.2. The zero-order valence-electron chi connectivity index (χ0n) is 15.9. The third-order valence-corrected chi connectivity index (χ3v) is 5.67. The highest BCUT2D eigenvalue weighted by molar-refractivity contribution is 6.35. The Bertz CT molecular complexity index is 1030. The average molecular weight is 466 g/mol. The molecule has 1 fully saturated rings. The van der Waals surface area contributed by atoms with Gasteiger partial charge in [-0.3, -0.25) is 9.69 Å². The molecule has 0 atom stereocenters. The van der Waals surface area contributed by atoms with Crippen molar-refractivity contribution in [3.63, 3.8) is 0 Å². The number of halogens is 3. The van der Waals surface area contributed by atoms with Crippen molar-refractivity contribution in [1.82, 2.24) is 15.0 Å². The number of likely N-dealkylation sites (tertiary alicyclic amines) is 1. The molecule has 1 aliphatic rings. The molecule has 1 amide bonds. The minimum Gasteiger partial charge on any atom is -0.338 e. The molecule has 1 N–H and O–H groups in total. The number of anilines is 1. The van der Waals surface area contributed by atoms with Gasteiger partial charge < -0.3 is 9.84 Å². The highest BCUT2D eigenvalue weighted by Crippen LogP contribution is 2.25. The number of benzene rings is 2. The fourth-order valence-corrected chi connectivity index (χ4v) is 4.20. The summed E-state index contributed by atoms with van der Waals surface area (Å²) in [7, 11) is 0. The average Bonchev–Trinajstić information content (AvgIpc) is 3.16. The van der Waals surface area contributed by atoms with E-state index in [1.54, 1.807) is 30.3 Å². The molecule has 4 rings (SSSR count). The predicted octanol–water partition coefficient (Wildman–Crippen LogP) is 5.55. The lowest BCUT2D eigenvalue weighted by atomic mass is 9.96. The van der Waals surface area contributed by atoms with Crippen LogP contribution in [-0.2, 0) is 11.3 Å². The first-order valence-corrected chi connectivity index (χ1v) is 10.7. The Labute approximate surface area is 189 Å². The van der Waals surface area contributed by atoms with Crippen LogP contribution in [0.2, 0.25) is 15.1 Å². The highest BCUT2D eigenvalue weighted by Gasteiger charge is 2.26. The molecule has 3 aromatic rings. The quantitative estimate of drug-likeness (QED) is 0.535. The summed E-state index contributed by atoms with van der Waals surface area (Å²) in [6, 6.07) is 12.3. The van der Waals surface area contributed by atoms with Gasteiger partial charge in [-0.15, -0.1) is 0 Å². The normalized spacial score (nSPS) is 15.3. The second-order valence-corrected chi connectivity index (χ2v) is 8.53. The standard InChI is InChI=1S/C21H19Cl3N4O2/c22-15-3-1-2-14(8-15)20-26-19(30-27-20)12-28-6-4-13(5-7-28)21(29)25-18-10-16(23)9-17(24)11-18/h1-3,8-11,13H,4-7,12H2,(H,25,29). The summed E-state index contributed by atoms with van der Waals surface area (Å²) >= 11 is 18.0. The number of nitrogens with one attached hydrogen (secondary N) is 1. The van der Waals surface area contributed by atoms with Crippen LogP contribution in [0.5, 0.6) is 0 Å².